The quantitative estimate of drug-likeness (QED) is 0.272. The van der Waals surface area contributed by atoms with Crippen molar-refractivity contribution in [2.45, 2.75) is 30.8 Å². The first-order valence-corrected chi connectivity index (χ1v) is 13.0. The van der Waals surface area contributed by atoms with E-state index in [4.69, 9.17) is 10.2 Å². The lowest BCUT2D eigenvalue weighted by Gasteiger charge is -2.22. The zero-order valence-corrected chi connectivity index (χ0v) is 20.1. The molecule has 0 N–H and O–H groups in total. The fourth-order valence-corrected chi connectivity index (χ4v) is 6.49. The second-order valence-electron chi connectivity index (χ2n) is 7.99. The molecular weight excluding hydrogens is 464 g/mol. The highest BCUT2D eigenvalue weighted by atomic mass is 32.2. The van der Waals surface area contributed by atoms with Crippen molar-refractivity contribution in [1.29, 1.82) is 5.26 Å². The van der Waals surface area contributed by atoms with E-state index in [1.165, 1.54) is 16.6 Å². The number of aromatic nitrogens is 2. The standard InChI is InChI=1S/C26H22N4O2S2/c27-15-8-16-29(18-9-3-1-4-10-18)22(31)17-33-26-28-24-23(20-13-7-14-21(20)34-24)25(32)30(26)19-11-5-2-6-12-19/h1-6,9-12H,7-8,13-14,16-17H2. The van der Waals surface area contributed by atoms with Crippen LogP contribution >= 0.6 is 23.1 Å². The van der Waals surface area contributed by atoms with Crippen LogP contribution < -0.4 is 10.5 Å². The number of fused-ring (bicyclic) bond motifs is 3. The number of para-hydroxylation sites is 2. The number of benzene rings is 2. The van der Waals surface area contributed by atoms with Gasteiger partial charge in [-0.2, -0.15) is 5.26 Å². The predicted molar refractivity (Wildman–Crippen MR) is 137 cm³/mol. The maximum atomic E-state index is 13.7. The first-order chi connectivity index (χ1) is 16.7. The van der Waals surface area contributed by atoms with Crippen LogP contribution in [0.5, 0.6) is 0 Å². The van der Waals surface area contributed by atoms with E-state index in [1.807, 2.05) is 60.7 Å². The van der Waals surface area contributed by atoms with Crippen molar-refractivity contribution in [2.75, 3.05) is 17.2 Å². The molecule has 4 aromatic rings. The highest BCUT2D eigenvalue weighted by Crippen LogP contribution is 2.36. The average molecular weight is 487 g/mol. The van der Waals surface area contributed by atoms with Crippen LogP contribution in [0, 0.1) is 11.3 Å². The number of thiophene rings is 1. The van der Waals surface area contributed by atoms with Crippen LogP contribution in [0.15, 0.2) is 70.6 Å². The summed E-state index contributed by atoms with van der Waals surface area (Å²) in [6, 6.07) is 20.9. The Kier molecular flexibility index (Phi) is 6.48. The second-order valence-corrected chi connectivity index (χ2v) is 10.0. The fraction of sp³-hybridized carbons (Fsp3) is 0.231. The molecule has 0 spiro atoms. The summed E-state index contributed by atoms with van der Waals surface area (Å²) in [7, 11) is 0. The molecule has 1 aliphatic carbocycles. The monoisotopic (exact) mass is 486 g/mol. The van der Waals surface area contributed by atoms with Crippen LogP contribution in [0.1, 0.15) is 23.3 Å². The average Bonchev–Trinajstić information content (AvgIpc) is 3.45. The Hall–Kier alpha value is -3.41. The molecule has 0 unspecified atom stereocenters. The van der Waals surface area contributed by atoms with Gasteiger partial charge < -0.3 is 4.90 Å². The number of hydrogen-bond donors (Lipinski definition) is 0. The topological polar surface area (TPSA) is 79.0 Å². The molecule has 0 saturated heterocycles. The van der Waals surface area contributed by atoms with E-state index in [9.17, 15) is 9.59 Å². The number of thioether (sulfide) groups is 1. The number of carbonyl (C=O) groups excluding carboxylic acids is 1. The molecule has 170 valence electrons. The van der Waals surface area contributed by atoms with E-state index >= 15 is 0 Å². The molecular formula is C26H22N4O2S2. The Morgan fingerprint density at radius 2 is 1.85 bits per heavy atom. The summed E-state index contributed by atoms with van der Waals surface area (Å²) in [5.41, 5.74) is 2.55. The molecule has 2 aromatic carbocycles. The third kappa shape index (κ3) is 4.25. The number of aryl methyl sites for hydroxylation is 2. The van der Waals surface area contributed by atoms with Crippen molar-refractivity contribution in [3.05, 3.63) is 81.5 Å². The van der Waals surface area contributed by atoms with E-state index < -0.39 is 0 Å². The van der Waals surface area contributed by atoms with Gasteiger partial charge in [-0.05, 0) is 49.1 Å². The minimum absolute atomic E-state index is 0.0741. The molecule has 34 heavy (non-hydrogen) atoms. The van der Waals surface area contributed by atoms with Crippen LogP contribution in [0.2, 0.25) is 0 Å². The van der Waals surface area contributed by atoms with Crippen molar-refractivity contribution in [3.63, 3.8) is 0 Å². The SMILES string of the molecule is N#CCCN(C(=O)CSc1nc2sc3c(c2c(=O)n1-c1ccccc1)CCC3)c1ccccc1. The molecule has 1 aliphatic rings. The van der Waals surface area contributed by atoms with E-state index in [0.717, 1.165) is 46.4 Å². The molecule has 0 fully saturated rings. The van der Waals surface area contributed by atoms with Gasteiger partial charge in [-0.3, -0.25) is 14.2 Å². The normalized spacial score (nSPS) is 12.4. The molecule has 8 heteroatoms. The zero-order valence-electron chi connectivity index (χ0n) is 18.4. The fourth-order valence-electron chi connectivity index (χ4n) is 4.30. The minimum Gasteiger partial charge on any atom is -0.311 e. The van der Waals surface area contributed by atoms with Crippen LogP contribution in [-0.2, 0) is 17.6 Å². The molecule has 2 aromatic heterocycles. The van der Waals surface area contributed by atoms with E-state index in [2.05, 4.69) is 6.07 Å². The van der Waals surface area contributed by atoms with Crippen molar-refractivity contribution < 1.29 is 4.79 Å². The van der Waals surface area contributed by atoms with Crippen molar-refractivity contribution in [2.24, 2.45) is 0 Å². The summed E-state index contributed by atoms with van der Waals surface area (Å²) < 4.78 is 1.63. The van der Waals surface area contributed by atoms with Gasteiger partial charge in [0.15, 0.2) is 5.16 Å². The summed E-state index contributed by atoms with van der Waals surface area (Å²) in [6.45, 7) is 0.315. The van der Waals surface area contributed by atoms with Crippen molar-refractivity contribution in [3.8, 4) is 11.8 Å². The van der Waals surface area contributed by atoms with Gasteiger partial charge in [-0.1, -0.05) is 48.2 Å². The Bertz CT molecular complexity index is 1440. The maximum Gasteiger partial charge on any atom is 0.267 e. The summed E-state index contributed by atoms with van der Waals surface area (Å²) in [4.78, 5) is 35.4. The first-order valence-electron chi connectivity index (χ1n) is 11.1. The molecule has 0 saturated carbocycles. The number of rotatable bonds is 7. The lowest BCUT2D eigenvalue weighted by atomic mass is 10.2. The summed E-state index contributed by atoms with van der Waals surface area (Å²) >= 11 is 2.86. The Morgan fingerprint density at radius 3 is 2.59 bits per heavy atom. The molecule has 1 amide bonds. The molecule has 0 radical (unpaired) electrons. The van der Waals surface area contributed by atoms with Gasteiger partial charge in [0.25, 0.3) is 5.56 Å². The molecule has 0 aliphatic heterocycles. The second kappa shape index (κ2) is 9.84. The maximum absolute atomic E-state index is 13.7. The third-order valence-corrected chi connectivity index (χ3v) is 7.97. The van der Waals surface area contributed by atoms with Crippen LogP contribution in [-0.4, -0.2) is 27.8 Å². The van der Waals surface area contributed by atoms with Crippen molar-refractivity contribution >= 4 is 44.9 Å². The number of nitriles is 1. The minimum atomic E-state index is -0.130. The van der Waals surface area contributed by atoms with Crippen LogP contribution in [0.4, 0.5) is 5.69 Å². The van der Waals surface area contributed by atoms with Gasteiger partial charge in [0.05, 0.1) is 29.3 Å². The van der Waals surface area contributed by atoms with Gasteiger partial charge in [0, 0.05) is 17.1 Å². The summed E-state index contributed by atoms with van der Waals surface area (Å²) in [6.07, 6.45) is 3.22. The molecule has 2 heterocycles. The molecule has 5 rings (SSSR count). The Labute approximate surface area is 205 Å². The lowest BCUT2D eigenvalue weighted by molar-refractivity contribution is -0.116. The Balaban J connectivity index is 1.51. The molecule has 6 nitrogen and oxygen atoms in total. The van der Waals surface area contributed by atoms with Gasteiger partial charge >= 0.3 is 0 Å². The van der Waals surface area contributed by atoms with Crippen LogP contribution in [0.25, 0.3) is 15.9 Å². The largest absolute Gasteiger partial charge is 0.311 e. The van der Waals surface area contributed by atoms with Gasteiger partial charge in [-0.25, -0.2) is 4.98 Å². The van der Waals surface area contributed by atoms with Gasteiger partial charge in [0.2, 0.25) is 5.91 Å². The number of nitrogens with zero attached hydrogens (tertiary/aromatic N) is 4. The van der Waals surface area contributed by atoms with Gasteiger partial charge in [-0.15, -0.1) is 11.3 Å². The third-order valence-electron chi connectivity index (χ3n) is 5.86. The molecule has 0 atom stereocenters. The summed E-state index contributed by atoms with van der Waals surface area (Å²) in [5, 5.41) is 10.3. The number of anilines is 1. The van der Waals surface area contributed by atoms with E-state index in [-0.39, 0.29) is 23.6 Å². The van der Waals surface area contributed by atoms with Crippen LogP contribution in [0.3, 0.4) is 0 Å². The highest BCUT2D eigenvalue weighted by Gasteiger charge is 2.25. The Morgan fingerprint density at radius 1 is 1.12 bits per heavy atom. The number of carbonyl (C=O) groups is 1. The van der Waals surface area contributed by atoms with E-state index in [0.29, 0.717) is 11.7 Å². The number of hydrogen-bond acceptors (Lipinski definition) is 6. The van der Waals surface area contributed by atoms with E-state index in [1.54, 1.807) is 20.8 Å². The van der Waals surface area contributed by atoms with Gasteiger partial charge in [0.1, 0.15) is 4.83 Å². The predicted octanol–water partition coefficient (Wildman–Crippen LogP) is 4.97. The lowest BCUT2D eigenvalue weighted by Crippen LogP contribution is -2.33. The first kappa shape index (κ1) is 22.4. The zero-order chi connectivity index (χ0) is 23.5. The summed E-state index contributed by atoms with van der Waals surface area (Å²) in [5.74, 6) is -0.0231. The molecule has 0 bridgehead atoms. The number of amides is 1. The van der Waals surface area contributed by atoms with Crippen molar-refractivity contribution in [1.82, 2.24) is 9.55 Å². The smallest absolute Gasteiger partial charge is 0.267 e. The highest BCUT2D eigenvalue weighted by molar-refractivity contribution is 7.99.